The summed E-state index contributed by atoms with van der Waals surface area (Å²) >= 11 is 0. The lowest BCUT2D eigenvalue weighted by atomic mass is 9.86. The summed E-state index contributed by atoms with van der Waals surface area (Å²) in [7, 11) is 0. The first-order valence-electron chi connectivity index (χ1n) is 10.1. The van der Waals surface area contributed by atoms with Crippen LogP contribution >= 0.6 is 0 Å². The molecular formula is C23H28N2O3. The van der Waals surface area contributed by atoms with Crippen LogP contribution in [-0.4, -0.2) is 28.7 Å². The van der Waals surface area contributed by atoms with Crippen molar-refractivity contribution < 1.29 is 9.90 Å². The Bertz CT molecular complexity index is 1010. The Morgan fingerprint density at radius 3 is 2.61 bits per heavy atom. The van der Waals surface area contributed by atoms with Crippen molar-refractivity contribution in [3.05, 3.63) is 51.3 Å². The van der Waals surface area contributed by atoms with Gasteiger partial charge in [0.1, 0.15) is 5.56 Å². The van der Waals surface area contributed by atoms with Crippen molar-refractivity contribution in [2.24, 2.45) is 11.8 Å². The number of rotatable bonds is 3. The quantitative estimate of drug-likeness (QED) is 0.870. The van der Waals surface area contributed by atoms with E-state index in [1.807, 2.05) is 4.57 Å². The number of benzene rings is 1. The van der Waals surface area contributed by atoms with Crippen LogP contribution in [0, 0.1) is 18.8 Å². The molecule has 2 aliphatic rings. The topological polar surface area (TPSA) is 62.5 Å². The maximum absolute atomic E-state index is 12.4. The third-order valence-corrected chi connectivity index (χ3v) is 6.33. The zero-order valence-electron chi connectivity index (χ0n) is 17.0. The number of carboxylic acid groups (broad SMARTS) is 1. The molecule has 4 rings (SSSR count). The summed E-state index contributed by atoms with van der Waals surface area (Å²) in [4.78, 5) is 26.4. The fourth-order valence-corrected chi connectivity index (χ4v) is 4.72. The van der Waals surface area contributed by atoms with Crippen molar-refractivity contribution in [3.8, 4) is 11.3 Å². The van der Waals surface area contributed by atoms with E-state index >= 15 is 0 Å². The van der Waals surface area contributed by atoms with Crippen LogP contribution in [0.3, 0.4) is 0 Å². The van der Waals surface area contributed by atoms with Crippen molar-refractivity contribution in [1.29, 1.82) is 0 Å². The van der Waals surface area contributed by atoms with Crippen LogP contribution in [0.5, 0.6) is 0 Å². The minimum Gasteiger partial charge on any atom is -0.477 e. The van der Waals surface area contributed by atoms with E-state index in [1.165, 1.54) is 29.3 Å². The van der Waals surface area contributed by atoms with Gasteiger partial charge in [-0.3, -0.25) is 4.79 Å². The third kappa shape index (κ3) is 3.03. The molecule has 0 bridgehead atoms. The lowest BCUT2D eigenvalue weighted by molar-refractivity contribution is 0.0694. The molecule has 5 nitrogen and oxygen atoms in total. The second-order valence-corrected chi connectivity index (χ2v) is 8.80. The third-order valence-electron chi connectivity index (χ3n) is 6.33. The summed E-state index contributed by atoms with van der Waals surface area (Å²) in [5, 5.41) is 9.39. The summed E-state index contributed by atoms with van der Waals surface area (Å²) in [6.45, 7) is 10.9. The monoisotopic (exact) mass is 380 g/mol. The Hall–Kier alpha value is -2.56. The van der Waals surface area contributed by atoms with Crippen LogP contribution in [0.2, 0.25) is 0 Å². The minimum atomic E-state index is -1.16. The summed E-state index contributed by atoms with van der Waals surface area (Å²) in [6.07, 6.45) is 3.61. The summed E-state index contributed by atoms with van der Waals surface area (Å²) < 4.78 is 2.01. The number of fused-ring (bicyclic) bond motifs is 3. The van der Waals surface area contributed by atoms with Crippen LogP contribution in [0.4, 0.5) is 5.69 Å². The van der Waals surface area contributed by atoms with Crippen molar-refractivity contribution >= 4 is 11.7 Å². The van der Waals surface area contributed by atoms with Crippen molar-refractivity contribution in [3.63, 3.8) is 0 Å². The molecule has 1 fully saturated rings. The number of hydrogen-bond acceptors (Lipinski definition) is 3. The van der Waals surface area contributed by atoms with E-state index < -0.39 is 11.4 Å². The molecule has 28 heavy (non-hydrogen) atoms. The fraction of sp³-hybridized carbons (Fsp3) is 0.478. The summed E-state index contributed by atoms with van der Waals surface area (Å²) in [5.41, 5.74) is 5.06. The van der Waals surface area contributed by atoms with E-state index in [0.717, 1.165) is 30.8 Å². The van der Waals surface area contributed by atoms with Crippen molar-refractivity contribution in [2.75, 3.05) is 18.0 Å². The SMILES string of the molecule is Cc1cc2c(cc1N1CC[C@H](C)C1)CC(C(C)C)n1cc(C(=O)O)c(=O)cc1-2. The molecule has 1 saturated heterocycles. The predicted octanol–water partition coefficient (Wildman–Crippen LogP) is 4.12. The van der Waals surface area contributed by atoms with Gasteiger partial charge in [-0.1, -0.05) is 20.8 Å². The second kappa shape index (κ2) is 6.80. The first kappa shape index (κ1) is 18.8. The molecule has 1 aromatic carbocycles. The van der Waals surface area contributed by atoms with Gasteiger partial charge in [0, 0.05) is 42.6 Å². The Morgan fingerprint density at radius 1 is 1.25 bits per heavy atom. The number of carbonyl (C=O) groups is 1. The Labute approximate surface area is 165 Å². The molecule has 0 spiro atoms. The van der Waals surface area contributed by atoms with Crippen molar-refractivity contribution in [1.82, 2.24) is 4.57 Å². The van der Waals surface area contributed by atoms with Gasteiger partial charge in [0.25, 0.3) is 0 Å². The van der Waals surface area contributed by atoms with E-state index in [-0.39, 0.29) is 11.6 Å². The predicted molar refractivity (Wildman–Crippen MR) is 111 cm³/mol. The van der Waals surface area contributed by atoms with Crippen LogP contribution in [-0.2, 0) is 6.42 Å². The molecule has 1 unspecified atom stereocenters. The molecule has 3 heterocycles. The highest BCUT2D eigenvalue weighted by Gasteiger charge is 2.29. The van der Waals surface area contributed by atoms with Gasteiger partial charge >= 0.3 is 5.97 Å². The standard InChI is InChI=1S/C23H28N2O3/c1-13(2)19-8-16-9-20(24-6-5-14(3)11-24)15(4)7-17(16)21-10-22(26)18(23(27)28)12-25(19)21/h7,9-10,12-14,19H,5-6,8,11H2,1-4H3,(H,27,28)/t14-,19?/m0/s1. The minimum absolute atomic E-state index is 0.134. The van der Waals surface area contributed by atoms with Crippen LogP contribution < -0.4 is 10.3 Å². The Kier molecular flexibility index (Phi) is 4.56. The van der Waals surface area contributed by atoms with Gasteiger partial charge < -0.3 is 14.6 Å². The molecule has 148 valence electrons. The van der Waals surface area contributed by atoms with Crippen molar-refractivity contribution in [2.45, 2.75) is 46.6 Å². The van der Waals surface area contributed by atoms with E-state index in [2.05, 4.69) is 44.7 Å². The largest absolute Gasteiger partial charge is 0.477 e. The highest BCUT2D eigenvalue weighted by Crippen LogP contribution is 2.41. The molecular weight excluding hydrogens is 352 g/mol. The number of nitrogens with zero attached hydrogens (tertiary/aromatic N) is 2. The zero-order valence-corrected chi connectivity index (χ0v) is 17.0. The van der Waals surface area contributed by atoms with E-state index in [1.54, 1.807) is 6.20 Å². The number of aromatic carboxylic acids is 1. The van der Waals surface area contributed by atoms with Crippen LogP contribution in [0.1, 0.15) is 54.7 Å². The average molecular weight is 380 g/mol. The molecule has 2 atom stereocenters. The normalized spacial score (nSPS) is 21.0. The number of aryl methyl sites for hydroxylation is 1. The first-order valence-corrected chi connectivity index (χ1v) is 10.1. The number of anilines is 1. The smallest absolute Gasteiger partial charge is 0.341 e. The molecule has 0 amide bonds. The number of hydrogen-bond donors (Lipinski definition) is 1. The summed E-state index contributed by atoms with van der Waals surface area (Å²) in [5.74, 6) is -0.122. The number of aromatic nitrogens is 1. The maximum atomic E-state index is 12.4. The van der Waals surface area contributed by atoms with Gasteiger partial charge in [0.2, 0.25) is 0 Å². The second-order valence-electron chi connectivity index (χ2n) is 8.80. The van der Waals surface area contributed by atoms with Gasteiger partial charge in [0.15, 0.2) is 5.43 Å². The lowest BCUT2D eigenvalue weighted by Gasteiger charge is -2.34. The Balaban J connectivity index is 1.89. The maximum Gasteiger partial charge on any atom is 0.341 e. The van der Waals surface area contributed by atoms with Crippen LogP contribution in [0.25, 0.3) is 11.3 Å². The molecule has 0 aliphatic carbocycles. The molecule has 0 saturated carbocycles. The molecule has 2 aromatic rings. The first-order chi connectivity index (χ1) is 13.3. The van der Waals surface area contributed by atoms with Gasteiger partial charge in [-0.05, 0) is 54.9 Å². The van der Waals surface area contributed by atoms with Gasteiger partial charge in [-0.15, -0.1) is 0 Å². The zero-order chi connectivity index (χ0) is 20.2. The molecule has 1 aromatic heterocycles. The molecule has 2 aliphatic heterocycles. The highest BCUT2D eigenvalue weighted by atomic mass is 16.4. The van der Waals surface area contributed by atoms with Crippen LogP contribution in [0.15, 0.2) is 29.2 Å². The van der Waals surface area contributed by atoms with E-state index in [0.29, 0.717) is 11.8 Å². The molecule has 1 N–H and O–H groups in total. The summed E-state index contributed by atoms with van der Waals surface area (Å²) in [6, 6.07) is 6.12. The lowest BCUT2D eigenvalue weighted by Crippen LogP contribution is -2.28. The highest BCUT2D eigenvalue weighted by molar-refractivity contribution is 5.88. The van der Waals surface area contributed by atoms with E-state index in [9.17, 15) is 14.7 Å². The van der Waals surface area contributed by atoms with Gasteiger partial charge in [-0.25, -0.2) is 4.79 Å². The average Bonchev–Trinajstić information content (AvgIpc) is 3.06. The van der Waals surface area contributed by atoms with Gasteiger partial charge in [0.05, 0.1) is 5.69 Å². The van der Waals surface area contributed by atoms with Gasteiger partial charge in [-0.2, -0.15) is 0 Å². The Morgan fingerprint density at radius 2 is 2.00 bits per heavy atom. The number of pyridine rings is 1. The molecule has 5 heteroatoms. The fourth-order valence-electron chi connectivity index (χ4n) is 4.72. The number of carboxylic acids is 1. The molecule has 0 radical (unpaired) electrons. The van der Waals surface area contributed by atoms with E-state index in [4.69, 9.17) is 0 Å².